The molecule has 0 N–H and O–H groups in total. The van der Waals surface area contributed by atoms with E-state index in [1.54, 1.807) is 7.11 Å². The van der Waals surface area contributed by atoms with E-state index < -0.39 is 0 Å². The molecule has 0 amide bonds. The highest BCUT2D eigenvalue weighted by Crippen LogP contribution is 2.32. The third-order valence-corrected chi connectivity index (χ3v) is 5.59. The number of hydrogen-bond acceptors (Lipinski definition) is 2. The number of Topliss-reactive ketones (excluding diaryl/α,β-unsaturated/α-hetero) is 1. The van der Waals surface area contributed by atoms with Crippen LogP contribution in [0.4, 0.5) is 0 Å². The Balaban J connectivity index is 1.82. The average molecular weight is 404 g/mol. The number of ether oxygens (including phenoxy) is 1. The molecule has 3 aromatic rings. The van der Waals surface area contributed by atoms with E-state index in [0.717, 1.165) is 27.9 Å². The second-order valence-corrected chi connectivity index (χ2v) is 7.56. The topological polar surface area (TPSA) is 31.2 Å². The van der Waals surface area contributed by atoms with Gasteiger partial charge in [-0.25, -0.2) is 0 Å². The first-order chi connectivity index (χ1) is 13.0. The molecule has 3 rings (SSSR count). The Bertz CT molecular complexity index is 949. The third kappa shape index (κ3) is 4.37. The first-order valence-corrected chi connectivity index (χ1v) is 9.82. The normalized spacial score (nSPS) is 12.4. The predicted molar refractivity (Wildman–Crippen MR) is 112 cm³/mol. The molecule has 0 saturated heterocycles. The van der Waals surface area contributed by atoms with E-state index in [1.807, 2.05) is 53.2 Å². The molecule has 1 heterocycles. The molecule has 1 aromatic heterocycles. The quantitative estimate of drug-likeness (QED) is 0.409. The van der Waals surface area contributed by atoms with Crippen LogP contribution in [0.5, 0.6) is 0 Å². The second-order valence-electron chi connectivity index (χ2n) is 6.75. The van der Waals surface area contributed by atoms with Crippen LogP contribution in [0.25, 0.3) is 10.9 Å². The van der Waals surface area contributed by atoms with Gasteiger partial charge in [0.25, 0.3) is 0 Å². The SMILES string of the molecule is COCCn1cc(C(=O)CCC(C)c2ccccc2Cl)c2c(Cl)cccc21. The molecule has 0 aliphatic rings. The molecule has 0 aliphatic heterocycles. The molecule has 1 unspecified atom stereocenters. The number of carbonyl (C=O) groups excluding carboxylic acids is 1. The zero-order valence-electron chi connectivity index (χ0n) is 15.5. The van der Waals surface area contributed by atoms with Gasteiger partial charge in [-0.15, -0.1) is 0 Å². The summed E-state index contributed by atoms with van der Waals surface area (Å²) in [7, 11) is 1.67. The molecule has 0 saturated carbocycles. The van der Waals surface area contributed by atoms with Crippen LogP contribution in [-0.4, -0.2) is 24.1 Å². The van der Waals surface area contributed by atoms with E-state index in [-0.39, 0.29) is 11.7 Å². The van der Waals surface area contributed by atoms with Crippen molar-refractivity contribution in [3.63, 3.8) is 0 Å². The number of hydrogen-bond donors (Lipinski definition) is 0. The van der Waals surface area contributed by atoms with Crippen molar-refractivity contribution in [1.82, 2.24) is 4.57 Å². The third-order valence-electron chi connectivity index (χ3n) is 4.93. The lowest BCUT2D eigenvalue weighted by molar-refractivity contribution is 0.0979. The molecule has 27 heavy (non-hydrogen) atoms. The number of halogens is 2. The van der Waals surface area contributed by atoms with Gasteiger partial charge in [0.05, 0.1) is 17.1 Å². The largest absolute Gasteiger partial charge is 0.383 e. The fourth-order valence-corrected chi connectivity index (χ4v) is 4.00. The van der Waals surface area contributed by atoms with Gasteiger partial charge >= 0.3 is 0 Å². The van der Waals surface area contributed by atoms with E-state index in [0.29, 0.717) is 30.2 Å². The van der Waals surface area contributed by atoms with Crippen molar-refractivity contribution in [2.24, 2.45) is 0 Å². The van der Waals surface area contributed by atoms with Crippen molar-refractivity contribution in [1.29, 1.82) is 0 Å². The molecule has 0 radical (unpaired) electrons. The molecule has 0 spiro atoms. The number of nitrogens with zero attached hydrogens (tertiary/aromatic N) is 1. The van der Waals surface area contributed by atoms with Crippen molar-refractivity contribution >= 4 is 39.9 Å². The van der Waals surface area contributed by atoms with Gasteiger partial charge in [-0.1, -0.05) is 54.4 Å². The standard InChI is InChI=1S/C22H23Cl2NO2/c1-15(16-6-3-4-7-18(16)23)10-11-21(26)17-14-25(12-13-27-2)20-9-5-8-19(24)22(17)20/h3-9,14-15H,10-13H2,1-2H3. The number of carbonyl (C=O) groups is 1. The number of fused-ring (bicyclic) bond motifs is 1. The van der Waals surface area contributed by atoms with Gasteiger partial charge in [0.2, 0.25) is 0 Å². The van der Waals surface area contributed by atoms with Crippen LogP contribution in [-0.2, 0) is 11.3 Å². The highest BCUT2D eigenvalue weighted by Gasteiger charge is 2.19. The Kier molecular flexibility index (Phi) is 6.59. The molecule has 0 aliphatic carbocycles. The van der Waals surface area contributed by atoms with Crippen LogP contribution in [0.3, 0.4) is 0 Å². The molecule has 142 valence electrons. The zero-order chi connectivity index (χ0) is 19.4. The van der Waals surface area contributed by atoms with Crippen LogP contribution in [0.1, 0.15) is 41.6 Å². The summed E-state index contributed by atoms with van der Waals surface area (Å²) in [6.07, 6.45) is 3.08. The number of benzene rings is 2. The highest BCUT2D eigenvalue weighted by atomic mass is 35.5. The van der Waals surface area contributed by atoms with Crippen LogP contribution >= 0.6 is 23.2 Å². The van der Waals surface area contributed by atoms with Gasteiger partial charge in [-0.2, -0.15) is 0 Å². The van der Waals surface area contributed by atoms with Crippen LogP contribution in [0, 0.1) is 0 Å². The number of rotatable bonds is 8. The summed E-state index contributed by atoms with van der Waals surface area (Å²) in [6.45, 7) is 3.35. The fourth-order valence-electron chi connectivity index (χ4n) is 3.41. The Morgan fingerprint density at radius 2 is 1.85 bits per heavy atom. The molecule has 5 heteroatoms. The van der Waals surface area contributed by atoms with Crippen molar-refractivity contribution in [2.45, 2.75) is 32.2 Å². The van der Waals surface area contributed by atoms with Crippen LogP contribution < -0.4 is 0 Å². The maximum absolute atomic E-state index is 13.0. The summed E-state index contributed by atoms with van der Waals surface area (Å²) >= 11 is 12.7. The lowest BCUT2D eigenvalue weighted by atomic mass is 9.93. The summed E-state index contributed by atoms with van der Waals surface area (Å²) in [4.78, 5) is 13.0. The van der Waals surface area contributed by atoms with E-state index in [9.17, 15) is 4.79 Å². The smallest absolute Gasteiger partial charge is 0.165 e. The van der Waals surface area contributed by atoms with Crippen molar-refractivity contribution in [2.75, 3.05) is 13.7 Å². The van der Waals surface area contributed by atoms with Crippen LogP contribution in [0.2, 0.25) is 10.0 Å². The molecule has 0 fully saturated rings. The van der Waals surface area contributed by atoms with Crippen molar-refractivity contribution < 1.29 is 9.53 Å². The predicted octanol–water partition coefficient (Wildman–Crippen LogP) is 6.36. The molecule has 0 bridgehead atoms. The minimum atomic E-state index is 0.100. The lowest BCUT2D eigenvalue weighted by Gasteiger charge is -2.13. The Labute approximate surface area is 169 Å². The second kappa shape index (κ2) is 8.92. The summed E-state index contributed by atoms with van der Waals surface area (Å²) in [5, 5.41) is 2.17. The zero-order valence-corrected chi connectivity index (χ0v) is 17.1. The van der Waals surface area contributed by atoms with Gasteiger partial charge in [0.1, 0.15) is 0 Å². The van der Waals surface area contributed by atoms with Gasteiger partial charge in [0, 0.05) is 42.2 Å². The van der Waals surface area contributed by atoms with Gasteiger partial charge in [-0.3, -0.25) is 4.79 Å². The van der Waals surface area contributed by atoms with Crippen molar-refractivity contribution in [3.05, 3.63) is 69.8 Å². The highest BCUT2D eigenvalue weighted by molar-refractivity contribution is 6.37. The summed E-state index contributed by atoms with van der Waals surface area (Å²) in [5.74, 6) is 0.308. The van der Waals surface area contributed by atoms with E-state index in [4.69, 9.17) is 27.9 Å². The fraction of sp³-hybridized carbons (Fsp3) is 0.318. The molecular formula is C22H23Cl2NO2. The maximum atomic E-state index is 13.0. The van der Waals surface area contributed by atoms with Gasteiger partial charge < -0.3 is 9.30 Å². The number of aromatic nitrogens is 1. The Morgan fingerprint density at radius 3 is 2.59 bits per heavy atom. The Morgan fingerprint density at radius 1 is 1.11 bits per heavy atom. The minimum Gasteiger partial charge on any atom is -0.383 e. The number of ketones is 1. The summed E-state index contributed by atoms with van der Waals surface area (Å²) < 4.78 is 7.22. The van der Waals surface area contributed by atoms with E-state index >= 15 is 0 Å². The van der Waals surface area contributed by atoms with E-state index in [2.05, 4.69) is 6.92 Å². The van der Waals surface area contributed by atoms with Crippen molar-refractivity contribution in [3.8, 4) is 0 Å². The molecular weight excluding hydrogens is 381 g/mol. The summed E-state index contributed by atoms with van der Waals surface area (Å²) in [5.41, 5.74) is 2.72. The van der Waals surface area contributed by atoms with E-state index in [1.165, 1.54) is 0 Å². The van der Waals surface area contributed by atoms with Gasteiger partial charge in [0.15, 0.2) is 5.78 Å². The summed E-state index contributed by atoms with van der Waals surface area (Å²) in [6, 6.07) is 13.5. The first-order valence-electron chi connectivity index (χ1n) is 9.06. The van der Waals surface area contributed by atoms with Crippen LogP contribution in [0.15, 0.2) is 48.7 Å². The van der Waals surface area contributed by atoms with Gasteiger partial charge in [-0.05, 0) is 36.1 Å². The minimum absolute atomic E-state index is 0.100. The molecule has 1 atom stereocenters. The molecule has 2 aromatic carbocycles. The lowest BCUT2D eigenvalue weighted by Crippen LogP contribution is -2.04. The monoisotopic (exact) mass is 403 g/mol. The first kappa shape index (κ1) is 19.9. The number of methoxy groups -OCH3 is 1. The Hall–Kier alpha value is -1.81. The molecule has 3 nitrogen and oxygen atoms in total. The maximum Gasteiger partial charge on any atom is 0.165 e. The average Bonchev–Trinajstić information content (AvgIpc) is 3.04.